The highest BCUT2D eigenvalue weighted by Gasteiger charge is 2.40. The predicted molar refractivity (Wildman–Crippen MR) is 59.6 cm³/mol. The molecule has 1 aromatic rings. The zero-order chi connectivity index (χ0) is 14.8. The van der Waals surface area contributed by atoms with Crippen LogP contribution in [0.25, 0.3) is 0 Å². The highest BCUT2D eigenvalue weighted by atomic mass is 19.4. The Morgan fingerprint density at radius 1 is 0.895 bits per heavy atom. The summed E-state index contributed by atoms with van der Waals surface area (Å²) >= 11 is 0. The lowest BCUT2D eigenvalue weighted by Gasteiger charge is -2.19. The van der Waals surface area contributed by atoms with Crippen LogP contribution in [0.2, 0.25) is 0 Å². The molecular formula is C13H14F6. The molecule has 1 rings (SSSR count). The van der Waals surface area contributed by atoms with Crippen molar-refractivity contribution >= 4 is 0 Å². The first-order valence-corrected chi connectivity index (χ1v) is 5.79. The summed E-state index contributed by atoms with van der Waals surface area (Å²) in [4.78, 5) is 0. The van der Waals surface area contributed by atoms with E-state index < -0.39 is 29.0 Å². The minimum absolute atomic E-state index is 0.0300. The zero-order valence-corrected chi connectivity index (χ0v) is 10.5. The first-order chi connectivity index (χ1) is 8.53. The van der Waals surface area contributed by atoms with Gasteiger partial charge in [-0.3, -0.25) is 0 Å². The quantitative estimate of drug-likeness (QED) is 0.659. The second kappa shape index (κ2) is 5.43. The Balaban J connectivity index is 3.33. The average molecular weight is 284 g/mol. The zero-order valence-electron chi connectivity index (χ0n) is 10.5. The van der Waals surface area contributed by atoms with Crippen LogP contribution >= 0.6 is 0 Å². The van der Waals surface area contributed by atoms with E-state index in [4.69, 9.17) is 0 Å². The Morgan fingerprint density at radius 3 is 1.63 bits per heavy atom. The standard InChI is InChI=1S/C13H14F6/c1-8(2)6-7-9-10(12(14,15)16)4-3-5-11(9)13(17,18)19/h3-5,8H,6-7H2,1-2H3. The Morgan fingerprint density at radius 2 is 1.32 bits per heavy atom. The molecule has 0 aliphatic carbocycles. The fourth-order valence-corrected chi connectivity index (χ4v) is 1.82. The van der Waals surface area contributed by atoms with Crippen LogP contribution in [-0.4, -0.2) is 0 Å². The second-order valence-electron chi connectivity index (χ2n) is 4.76. The lowest BCUT2D eigenvalue weighted by Crippen LogP contribution is -2.16. The van der Waals surface area contributed by atoms with Gasteiger partial charge in [0.25, 0.3) is 0 Å². The van der Waals surface area contributed by atoms with Gasteiger partial charge in [0.2, 0.25) is 0 Å². The molecule has 0 unspecified atom stereocenters. The van der Waals surface area contributed by atoms with E-state index in [1.165, 1.54) is 0 Å². The van der Waals surface area contributed by atoms with Gasteiger partial charge in [0.1, 0.15) is 0 Å². The molecule has 0 saturated carbocycles. The highest BCUT2D eigenvalue weighted by molar-refractivity contribution is 5.39. The summed E-state index contributed by atoms with van der Waals surface area (Å²) in [7, 11) is 0. The Bertz CT molecular complexity index is 395. The molecule has 0 nitrogen and oxygen atoms in total. The van der Waals surface area contributed by atoms with Gasteiger partial charge < -0.3 is 0 Å². The van der Waals surface area contributed by atoms with E-state index in [1.807, 2.05) is 0 Å². The lowest BCUT2D eigenvalue weighted by atomic mass is 9.93. The second-order valence-corrected chi connectivity index (χ2v) is 4.76. The van der Waals surface area contributed by atoms with E-state index >= 15 is 0 Å². The van der Waals surface area contributed by atoms with E-state index in [0.717, 1.165) is 6.07 Å². The molecule has 0 aliphatic heterocycles. The van der Waals surface area contributed by atoms with Gasteiger partial charge in [-0.2, -0.15) is 26.3 Å². The van der Waals surface area contributed by atoms with Crippen molar-refractivity contribution in [2.24, 2.45) is 5.92 Å². The van der Waals surface area contributed by atoms with Crippen LogP contribution in [-0.2, 0) is 18.8 Å². The van der Waals surface area contributed by atoms with Crippen LogP contribution in [0.3, 0.4) is 0 Å². The highest BCUT2D eigenvalue weighted by Crippen LogP contribution is 2.40. The summed E-state index contributed by atoms with van der Waals surface area (Å²) in [5.41, 5.74) is -3.04. The largest absolute Gasteiger partial charge is 0.416 e. The molecule has 0 bridgehead atoms. The molecule has 0 amide bonds. The van der Waals surface area contributed by atoms with Crippen LogP contribution in [0.4, 0.5) is 26.3 Å². The number of benzene rings is 1. The van der Waals surface area contributed by atoms with Crippen LogP contribution in [0.1, 0.15) is 37.0 Å². The molecule has 0 fully saturated rings. The molecule has 0 atom stereocenters. The van der Waals surface area contributed by atoms with E-state index in [9.17, 15) is 26.3 Å². The Hall–Kier alpha value is -1.20. The Labute approximate surface area is 107 Å². The lowest BCUT2D eigenvalue weighted by molar-refractivity contribution is -0.144. The van der Waals surface area contributed by atoms with Gasteiger partial charge in [-0.05, 0) is 36.5 Å². The molecule has 0 aliphatic rings. The average Bonchev–Trinajstić information content (AvgIpc) is 2.23. The van der Waals surface area contributed by atoms with Crippen LogP contribution in [0.5, 0.6) is 0 Å². The molecule has 0 N–H and O–H groups in total. The van der Waals surface area contributed by atoms with Crippen molar-refractivity contribution in [1.29, 1.82) is 0 Å². The third kappa shape index (κ3) is 4.14. The van der Waals surface area contributed by atoms with Gasteiger partial charge in [0, 0.05) is 0 Å². The summed E-state index contributed by atoms with van der Waals surface area (Å²) in [6.07, 6.45) is -9.50. The van der Waals surface area contributed by atoms with Crippen LogP contribution in [0, 0.1) is 5.92 Å². The third-order valence-corrected chi connectivity index (χ3v) is 2.76. The minimum atomic E-state index is -4.77. The third-order valence-electron chi connectivity index (χ3n) is 2.76. The van der Waals surface area contributed by atoms with Gasteiger partial charge in [0.15, 0.2) is 0 Å². The molecule has 0 saturated heterocycles. The van der Waals surface area contributed by atoms with Gasteiger partial charge >= 0.3 is 12.4 Å². The number of hydrogen-bond acceptors (Lipinski definition) is 0. The summed E-state index contributed by atoms with van der Waals surface area (Å²) in [5.74, 6) is 0.0300. The van der Waals surface area contributed by atoms with Gasteiger partial charge in [-0.1, -0.05) is 19.9 Å². The fraction of sp³-hybridized carbons (Fsp3) is 0.538. The SMILES string of the molecule is CC(C)CCc1c(C(F)(F)F)cccc1C(F)(F)F. The van der Waals surface area contributed by atoms with Gasteiger partial charge in [-0.25, -0.2) is 0 Å². The monoisotopic (exact) mass is 284 g/mol. The van der Waals surface area contributed by atoms with E-state index in [-0.39, 0.29) is 18.8 Å². The summed E-state index contributed by atoms with van der Waals surface area (Å²) in [6, 6.07) is 2.19. The van der Waals surface area contributed by atoms with Gasteiger partial charge in [-0.15, -0.1) is 0 Å². The van der Waals surface area contributed by atoms with E-state index in [2.05, 4.69) is 0 Å². The predicted octanol–water partition coefficient (Wildman–Crippen LogP) is 5.31. The first-order valence-electron chi connectivity index (χ1n) is 5.79. The van der Waals surface area contributed by atoms with Crippen molar-refractivity contribution in [1.82, 2.24) is 0 Å². The molecule has 0 spiro atoms. The smallest absolute Gasteiger partial charge is 0.166 e. The minimum Gasteiger partial charge on any atom is -0.166 e. The number of alkyl halides is 6. The maximum absolute atomic E-state index is 12.8. The fourth-order valence-electron chi connectivity index (χ4n) is 1.82. The molecule has 108 valence electrons. The van der Waals surface area contributed by atoms with Crippen molar-refractivity contribution in [3.05, 3.63) is 34.9 Å². The molecule has 0 aromatic heterocycles. The number of rotatable bonds is 3. The first kappa shape index (κ1) is 15.9. The van der Waals surface area contributed by atoms with Crippen molar-refractivity contribution in [2.75, 3.05) is 0 Å². The molecular weight excluding hydrogens is 270 g/mol. The van der Waals surface area contributed by atoms with Crippen LogP contribution in [0.15, 0.2) is 18.2 Å². The van der Waals surface area contributed by atoms with Crippen molar-refractivity contribution < 1.29 is 26.3 Å². The maximum atomic E-state index is 12.8. The topological polar surface area (TPSA) is 0 Å². The van der Waals surface area contributed by atoms with Crippen molar-refractivity contribution in [2.45, 2.75) is 39.0 Å². The van der Waals surface area contributed by atoms with Crippen molar-refractivity contribution in [3.8, 4) is 0 Å². The van der Waals surface area contributed by atoms with Gasteiger partial charge in [0.05, 0.1) is 11.1 Å². The van der Waals surface area contributed by atoms with E-state index in [0.29, 0.717) is 12.1 Å². The van der Waals surface area contributed by atoms with E-state index in [1.54, 1.807) is 13.8 Å². The molecule has 0 heterocycles. The van der Waals surface area contributed by atoms with Crippen molar-refractivity contribution in [3.63, 3.8) is 0 Å². The maximum Gasteiger partial charge on any atom is 0.416 e. The summed E-state index contributed by atoms with van der Waals surface area (Å²) in [5, 5.41) is 0. The molecule has 1 aromatic carbocycles. The Kier molecular flexibility index (Phi) is 4.53. The molecule has 6 heteroatoms. The number of hydrogen-bond donors (Lipinski definition) is 0. The molecule has 0 radical (unpaired) electrons. The summed E-state index contributed by atoms with van der Waals surface area (Å²) < 4.78 is 76.6. The van der Waals surface area contributed by atoms with Crippen LogP contribution < -0.4 is 0 Å². The number of halogens is 6. The normalized spacial score (nSPS) is 13.1. The molecule has 19 heavy (non-hydrogen) atoms. The summed E-state index contributed by atoms with van der Waals surface area (Å²) in [6.45, 7) is 3.51.